The van der Waals surface area contributed by atoms with E-state index in [9.17, 15) is 4.79 Å². The van der Waals surface area contributed by atoms with Crippen LogP contribution in [0.3, 0.4) is 0 Å². The predicted octanol–water partition coefficient (Wildman–Crippen LogP) is 1.99. The van der Waals surface area contributed by atoms with Crippen LogP contribution in [0.2, 0.25) is 0 Å². The number of carboxylic acid groups (broad SMARTS) is 1. The van der Waals surface area contributed by atoms with Crippen LogP contribution in [-0.4, -0.2) is 34.3 Å². The summed E-state index contributed by atoms with van der Waals surface area (Å²) in [6.45, 7) is 2.91. The zero-order valence-electron chi connectivity index (χ0n) is 10.6. The number of nitrogens with zero attached hydrogens (tertiary/aromatic N) is 1. The van der Waals surface area contributed by atoms with E-state index in [1.807, 2.05) is 0 Å². The van der Waals surface area contributed by atoms with Crippen molar-refractivity contribution in [2.75, 3.05) is 18.5 Å². The molecule has 0 saturated carbocycles. The van der Waals surface area contributed by atoms with Crippen LogP contribution in [-0.2, 0) is 0 Å². The van der Waals surface area contributed by atoms with E-state index in [4.69, 9.17) is 10.2 Å². The lowest BCUT2D eigenvalue weighted by Gasteiger charge is -2.17. The number of rotatable bonds is 8. The van der Waals surface area contributed by atoms with Gasteiger partial charge in [0.25, 0.3) is 0 Å². The smallest absolute Gasteiger partial charge is 0.337 e. The van der Waals surface area contributed by atoms with E-state index >= 15 is 0 Å². The average Bonchev–Trinajstić information content (AvgIpc) is 2.36. The molecule has 0 fully saturated rings. The molecule has 5 heteroatoms. The monoisotopic (exact) mass is 252 g/mol. The average molecular weight is 252 g/mol. The van der Waals surface area contributed by atoms with Crippen molar-refractivity contribution in [3.05, 3.63) is 24.0 Å². The van der Waals surface area contributed by atoms with Crippen molar-refractivity contribution in [1.29, 1.82) is 0 Å². The maximum atomic E-state index is 11.0. The number of aliphatic hydroxyl groups excluding tert-OH is 1. The van der Waals surface area contributed by atoms with Crippen LogP contribution in [0.5, 0.6) is 0 Å². The van der Waals surface area contributed by atoms with Crippen molar-refractivity contribution in [1.82, 2.24) is 4.98 Å². The third-order valence-electron chi connectivity index (χ3n) is 2.87. The van der Waals surface area contributed by atoms with Gasteiger partial charge >= 0.3 is 5.97 Å². The van der Waals surface area contributed by atoms with Gasteiger partial charge in [0, 0.05) is 19.3 Å². The van der Waals surface area contributed by atoms with Gasteiger partial charge in [-0.3, -0.25) is 4.98 Å². The number of pyridine rings is 1. The first-order valence-corrected chi connectivity index (χ1v) is 6.21. The molecule has 0 amide bonds. The van der Waals surface area contributed by atoms with E-state index in [1.54, 1.807) is 0 Å². The molecule has 0 saturated heterocycles. The van der Waals surface area contributed by atoms with Gasteiger partial charge in [-0.15, -0.1) is 0 Å². The van der Waals surface area contributed by atoms with Gasteiger partial charge in [0.05, 0.1) is 17.4 Å². The highest BCUT2D eigenvalue weighted by Gasteiger charge is 2.12. The molecule has 0 bridgehead atoms. The Morgan fingerprint density at radius 2 is 2.28 bits per heavy atom. The Labute approximate surface area is 107 Å². The standard InChI is InChI=1S/C13H20N2O3/c1-2-3-10(5-7-16)8-15-12-9-14-6-4-11(12)13(17)18/h4,6,9-10,15-16H,2-3,5,7-8H2,1H3,(H,17,18). The molecular weight excluding hydrogens is 232 g/mol. The van der Waals surface area contributed by atoms with E-state index in [2.05, 4.69) is 17.2 Å². The lowest BCUT2D eigenvalue weighted by Crippen LogP contribution is -2.17. The van der Waals surface area contributed by atoms with Crippen LogP contribution in [0, 0.1) is 5.92 Å². The molecule has 5 nitrogen and oxygen atoms in total. The summed E-state index contributed by atoms with van der Waals surface area (Å²) in [6.07, 6.45) is 5.77. The van der Waals surface area contributed by atoms with Crippen molar-refractivity contribution in [2.24, 2.45) is 5.92 Å². The highest BCUT2D eigenvalue weighted by atomic mass is 16.4. The van der Waals surface area contributed by atoms with Gasteiger partial charge in [-0.1, -0.05) is 13.3 Å². The molecule has 0 aliphatic rings. The predicted molar refractivity (Wildman–Crippen MR) is 69.8 cm³/mol. The number of carboxylic acids is 1. The molecule has 0 aromatic carbocycles. The fourth-order valence-corrected chi connectivity index (χ4v) is 1.92. The minimum atomic E-state index is -0.964. The summed E-state index contributed by atoms with van der Waals surface area (Å²) in [6, 6.07) is 1.48. The second-order valence-corrected chi connectivity index (χ2v) is 4.27. The Hall–Kier alpha value is -1.62. The quantitative estimate of drug-likeness (QED) is 0.659. The van der Waals surface area contributed by atoms with Crippen LogP contribution in [0.1, 0.15) is 36.5 Å². The largest absolute Gasteiger partial charge is 0.478 e. The molecule has 1 atom stereocenters. The molecular formula is C13H20N2O3. The first-order chi connectivity index (χ1) is 8.69. The van der Waals surface area contributed by atoms with Gasteiger partial charge in [0.15, 0.2) is 0 Å². The van der Waals surface area contributed by atoms with Gasteiger partial charge in [0.2, 0.25) is 0 Å². The third kappa shape index (κ3) is 4.33. The summed E-state index contributed by atoms with van der Waals surface area (Å²) in [5.74, 6) is -0.615. The number of aromatic carboxylic acids is 1. The molecule has 1 heterocycles. The van der Waals surface area contributed by atoms with E-state index in [0.29, 0.717) is 18.2 Å². The summed E-state index contributed by atoms with van der Waals surface area (Å²) < 4.78 is 0. The maximum absolute atomic E-state index is 11.0. The van der Waals surface area contributed by atoms with Crippen LogP contribution in [0.15, 0.2) is 18.5 Å². The fraction of sp³-hybridized carbons (Fsp3) is 0.538. The van der Waals surface area contributed by atoms with E-state index in [-0.39, 0.29) is 12.2 Å². The molecule has 1 aromatic heterocycles. The first-order valence-electron chi connectivity index (χ1n) is 6.21. The molecule has 0 spiro atoms. The van der Waals surface area contributed by atoms with Crippen LogP contribution in [0.4, 0.5) is 5.69 Å². The molecule has 18 heavy (non-hydrogen) atoms. The Bertz CT molecular complexity index is 376. The fourth-order valence-electron chi connectivity index (χ4n) is 1.92. The zero-order valence-corrected chi connectivity index (χ0v) is 10.6. The number of nitrogens with one attached hydrogen (secondary N) is 1. The normalized spacial score (nSPS) is 12.1. The Morgan fingerprint density at radius 1 is 1.50 bits per heavy atom. The van der Waals surface area contributed by atoms with Crippen molar-refractivity contribution < 1.29 is 15.0 Å². The second kappa shape index (κ2) is 7.66. The highest BCUT2D eigenvalue weighted by molar-refractivity contribution is 5.93. The van der Waals surface area contributed by atoms with Crippen LogP contribution in [0.25, 0.3) is 0 Å². The van der Waals surface area contributed by atoms with E-state index in [1.165, 1.54) is 18.5 Å². The molecule has 1 aromatic rings. The summed E-state index contributed by atoms with van der Waals surface area (Å²) in [5, 5.41) is 21.1. The number of anilines is 1. The highest BCUT2D eigenvalue weighted by Crippen LogP contribution is 2.16. The van der Waals surface area contributed by atoms with Crippen molar-refractivity contribution in [3.63, 3.8) is 0 Å². The Balaban J connectivity index is 2.63. The Morgan fingerprint density at radius 3 is 2.89 bits per heavy atom. The molecule has 1 rings (SSSR count). The lowest BCUT2D eigenvalue weighted by atomic mass is 10.00. The minimum Gasteiger partial charge on any atom is -0.478 e. The van der Waals surface area contributed by atoms with E-state index in [0.717, 1.165) is 19.3 Å². The molecule has 1 unspecified atom stereocenters. The molecule has 100 valence electrons. The second-order valence-electron chi connectivity index (χ2n) is 4.27. The first kappa shape index (κ1) is 14.4. The van der Waals surface area contributed by atoms with Crippen molar-refractivity contribution in [2.45, 2.75) is 26.2 Å². The lowest BCUT2D eigenvalue weighted by molar-refractivity contribution is 0.0697. The van der Waals surface area contributed by atoms with Gasteiger partial charge in [-0.2, -0.15) is 0 Å². The summed E-state index contributed by atoms with van der Waals surface area (Å²) in [4.78, 5) is 14.9. The minimum absolute atomic E-state index is 0.158. The maximum Gasteiger partial charge on any atom is 0.337 e. The van der Waals surface area contributed by atoms with Gasteiger partial charge in [0.1, 0.15) is 0 Å². The number of hydrogen-bond acceptors (Lipinski definition) is 4. The van der Waals surface area contributed by atoms with Gasteiger partial charge in [-0.25, -0.2) is 4.79 Å². The Kier molecular flexibility index (Phi) is 6.14. The number of hydrogen-bond donors (Lipinski definition) is 3. The molecule has 0 aliphatic heterocycles. The van der Waals surface area contributed by atoms with Crippen molar-refractivity contribution in [3.8, 4) is 0 Å². The van der Waals surface area contributed by atoms with Gasteiger partial charge in [-0.05, 0) is 24.8 Å². The summed E-state index contributed by atoms with van der Waals surface area (Å²) in [5.41, 5.74) is 0.758. The van der Waals surface area contributed by atoms with Gasteiger partial charge < -0.3 is 15.5 Å². The zero-order chi connectivity index (χ0) is 13.4. The summed E-state index contributed by atoms with van der Waals surface area (Å²) >= 11 is 0. The number of aromatic nitrogens is 1. The summed E-state index contributed by atoms with van der Waals surface area (Å²) in [7, 11) is 0. The molecule has 0 radical (unpaired) electrons. The number of carbonyl (C=O) groups is 1. The van der Waals surface area contributed by atoms with Crippen LogP contribution < -0.4 is 5.32 Å². The SMILES string of the molecule is CCCC(CCO)CNc1cnccc1C(=O)O. The topological polar surface area (TPSA) is 82.5 Å². The number of aliphatic hydroxyl groups is 1. The van der Waals surface area contributed by atoms with Crippen LogP contribution >= 0.6 is 0 Å². The molecule has 3 N–H and O–H groups in total. The third-order valence-corrected chi connectivity index (χ3v) is 2.87. The van der Waals surface area contributed by atoms with E-state index < -0.39 is 5.97 Å². The van der Waals surface area contributed by atoms with Crippen molar-refractivity contribution >= 4 is 11.7 Å². The molecule has 0 aliphatic carbocycles.